The standard InChI is InChI=1S/C14H13FN2O4/c1-8(2)17-12(7-11(16-17)13(18)19)14(20)21-10-5-3-4-9(15)6-10/h3-8H,1-2H3,(H,18,19). The van der Waals surface area contributed by atoms with Gasteiger partial charge in [0.2, 0.25) is 0 Å². The number of carboxylic acids is 1. The van der Waals surface area contributed by atoms with Gasteiger partial charge in [0.1, 0.15) is 17.3 Å². The molecular formula is C14H13FN2O4. The molecule has 1 heterocycles. The fourth-order valence-electron chi connectivity index (χ4n) is 1.73. The summed E-state index contributed by atoms with van der Waals surface area (Å²) in [5.41, 5.74) is -0.262. The number of benzene rings is 1. The van der Waals surface area contributed by atoms with Crippen molar-refractivity contribution in [2.24, 2.45) is 0 Å². The van der Waals surface area contributed by atoms with Gasteiger partial charge in [0.05, 0.1) is 0 Å². The maximum Gasteiger partial charge on any atom is 0.362 e. The number of hydrogen-bond donors (Lipinski definition) is 1. The van der Waals surface area contributed by atoms with Crippen LogP contribution >= 0.6 is 0 Å². The summed E-state index contributed by atoms with van der Waals surface area (Å²) in [6, 6.07) is 6.01. The van der Waals surface area contributed by atoms with E-state index in [1.807, 2.05) is 0 Å². The Morgan fingerprint density at radius 1 is 1.33 bits per heavy atom. The minimum Gasteiger partial charge on any atom is -0.476 e. The van der Waals surface area contributed by atoms with Gasteiger partial charge in [-0.1, -0.05) is 6.07 Å². The quantitative estimate of drug-likeness (QED) is 0.691. The van der Waals surface area contributed by atoms with Gasteiger partial charge < -0.3 is 9.84 Å². The minimum atomic E-state index is -1.24. The molecule has 0 saturated heterocycles. The molecule has 7 heteroatoms. The zero-order valence-corrected chi connectivity index (χ0v) is 11.4. The van der Waals surface area contributed by atoms with Crippen LogP contribution in [0.5, 0.6) is 5.75 Å². The number of esters is 1. The minimum absolute atomic E-state index is 0.00772. The van der Waals surface area contributed by atoms with Crippen molar-refractivity contribution in [1.82, 2.24) is 9.78 Å². The van der Waals surface area contributed by atoms with E-state index < -0.39 is 17.8 Å². The largest absolute Gasteiger partial charge is 0.476 e. The van der Waals surface area contributed by atoms with E-state index in [2.05, 4.69) is 5.10 Å². The van der Waals surface area contributed by atoms with E-state index >= 15 is 0 Å². The maximum atomic E-state index is 13.1. The fourth-order valence-corrected chi connectivity index (χ4v) is 1.73. The van der Waals surface area contributed by atoms with Gasteiger partial charge in [-0.2, -0.15) is 5.10 Å². The van der Waals surface area contributed by atoms with Crippen molar-refractivity contribution in [3.8, 4) is 5.75 Å². The zero-order chi connectivity index (χ0) is 15.6. The Kier molecular flexibility index (Phi) is 4.02. The monoisotopic (exact) mass is 292 g/mol. The highest BCUT2D eigenvalue weighted by atomic mass is 19.1. The Balaban J connectivity index is 2.32. The molecule has 0 atom stereocenters. The molecule has 0 radical (unpaired) electrons. The molecule has 0 unspecified atom stereocenters. The van der Waals surface area contributed by atoms with Gasteiger partial charge in [-0.05, 0) is 26.0 Å². The van der Waals surface area contributed by atoms with Crippen molar-refractivity contribution in [1.29, 1.82) is 0 Å². The summed E-state index contributed by atoms with van der Waals surface area (Å²) < 4.78 is 19.3. The summed E-state index contributed by atoms with van der Waals surface area (Å²) in [5.74, 6) is -2.54. The summed E-state index contributed by atoms with van der Waals surface area (Å²) in [4.78, 5) is 23.0. The molecule has 0 spiro atoms. The van der Waals surface area contributed by atoms with Crippen LogP contribution in [0.3, 0.4) is 0 Å². The summed E-state index contributed by atoms with van der Waals surface area (Å²) >= 11 is 0. The number of aromatic carboxylic acids is 1. The summed E-state index contributed by atoms with van der Waals surface area (Å²) in [6.07, 6.45) is 0. The average molecular weight is 292 g/mol. The van der Waals surface area contributed by atoms with Gasteiger partial charge in [0.15, 0.2) is 5.69 Å². The molecular weight excluding hydrogens is 279 g/mol. The highest BCUT2D eigenvalue weighted by Crippen LogP contribution is 2.17. The first-order chi connectivity index (χ1) is 9.88. The zero-order valence-electron chi connectivity index (χ0n) is 11.4. The van der Waals surface area contributed by atoms with Gasteiger partial charge in [-0.25, -0.2) is 14.0 Å². The van der Waals surface area contributed by atoms with Crippen molar-refractivity contribution in [2.75, 3.05) is 0 Å². The maximum absolute atomic E-state index is 13.1. The molecule has 6 nitrogen and oxygen atoms in total. The van der Waals surface area contributed by atoms with Gasteiger partial charge in [-0.15, -0.1) is 0 Å². The Morgan fingerprint density at radius 3 is 2.62 bits per heavy atom. The molecule has 1 N–H and O–H groups in total. The highest BCUT2D eigenvalue weighted by molar-refractivity contribution is 5.93. The van der Waals surface area contributed by atoms with E-state index in [1.165, 1.54) is 22.9 Å². The van der Waals surface area contributed by atoms with Crippen LogP contribution in [0.15, 0.2) is 30.3 Å². The number of ether oxygens (including phenoxy) is 1. The number of carboxylic acid groups (broad SMARTS) is 1. The lowest BCUT2D eigenvalue weighted by molar-refractivity contribution is 0.0686. The topological polar surface area (TPSA) is 81.4 Å². The first-order valence-electron chi connectivity index (χ1n) is 6.19. The van der Waals surface area contributed by atoms with Crippen LogP contribution in [0.1, 0.15) is 40.9 Å². The van der Waals surface area contributed by atoms with Crippen molar-refractivity contribution >= 4 is 11.9 Å². The number of carbonyl (C=O) groups excluding carboxylic acids is 1. The van der Waals surface area contributed by atoms with E-state index in [9.17, 15) is 14.0 Å². The number of nitrogens with zero attached hydrogens (tertiary/aromatic N) is 2. The lowest BCUT2D eigenvalue weighted by atomic mass is 10.3. The van der Waals surface area contributed by atoms with Crippen molar-refractivity contribution in [3.05, 3.63) is 47.5 Å². The molecule has 0 saturated carbocycles. The first kappa shape index (κ1) is 14.7. The van der Waals surface area contributed by atoms with Crippen LogP contribution in [0.4, 0.5) is 4.39 Å². The molecule has 1 aromatic heterocycles. The number of carbonyl (C=O) groups is 2. The van der Waals surface area contributed by atoms with Crippen LogP contribution in [-0.4, -0.2) is 26.8 Å². The lowest BCUT2D eigenvalue weighted by Gasteiger charge is -2.10. The van der Waals surface area contributed by atoms with Gasteiger partial charge >= 0.3 is 11.9 Å². The second kappa shape index (κ2) is 5.74. The van der Waals surface area contributed by atoms with E-state index in [1.54, 1.807) is 13.8 Å². The normalized spacial score (nSPS) is 10.7. The molecule has 2 rings (SSSR count). The van der Waals surface area contributed by atoms with Gasteiger partial charge in [-0.3, -0.25) is 4.68 Å². The van der Waals surface area contributed by atoms with Crippen LogP contribution in [0.2, 0.25) is 0 Å². The summed E-state index contributed by atoms with van der Waals surface area (Å²) in [7, 11) is 0. The third-order valence-electron chi connectivity index (χ3n) is 2.66. The van der Waals surface area contributed by atoms with E-state index in [0.717, 1.165) is 12.1 Å². The molecule has 0 aliphatic rings. The molecule has 2 aromatic rings. The molecule has 0 fully saturated rings. The van der Waals surface area contributed by atoms with E-state index in [-0.39, 0.29) is 23.2 Å². The van der Waals surface area contributed by atoms with E-state index in [0.29, 0.717) is 0 Å². The molecule has 0 aliphatic heterocycles. The second-order valence-electron chi connectivity index (χ2n) is 4.61. The number of halogens is 1. The van der Waals surface area contributed by atoms with Crippen LogP contribution in [-0.2, 0) is 0 Å². The number of hydrogen-bond acceptors (Lipinski definition) is 4. The van der Waals surface area contributed by atoms with Crippen LogP contribution < -0.4 is 4.74 Å². The Morgan fingerprint density at radius 2 is 2.05 bits per heavy atom. The van der Waals surface area contributed by atoms with Crippen molar-refractivity contribution in [2.45, 2.75) is 19.9 Å². The molecule has 0 amide bonds. The van der Waals surface area contributed by atoms with Gasteiger partial charge in [0, 0.05) is 18.2 Å². The van der Waals surface area contributed by atoms with E-state index in [4.69, 9.17) is 9.84 Å². The first-order valence-corrected chi connectivity index (χ1v) is 6.19. The third kappa shape index (κ3) is 3.25. The SMILES string of the molecule is CC(C)n1nc(C(=O)O)cc1C(=O)Oc1cccc(F)c1. The fraction of sp³-hybridized carbons (Fsp3) is 0.214. The highest BCUT2D eigenvalue weighted by Gasteiger charge is 2.22. The molecule has 1 aromatic carbocycles. The predicted octanol–water partition coefficient (Wildman–Crippen LogP) is 2.52. The Bertz CT molecular complexity index is 694. The van der Waals surface area contributed by atoms with Gasteiger partial charge in [0.25, 0.3) is 0 Å². The lowest BCUT2D eigenvalue weighted by Crippen LogP contribution is -2.17. The molecule has 0 aliphatic carbocycles. The number of aromatic nitrogens is 2. The third-order valence-corrected chi connectivity index (χ3v) is 2.66. The van der Waals surface area contributed by atoms with Crippen molar-refractivity contribution in [3.63, 3.8) is 0 Å². The Labute approximate surface area is 119 Å². The average Bonchev–Trinajstić information content (AvgIpc) is 2.84. The summed E-state index contributed by atoms with van der Waals surface area (Å²) in [5, 5.41) is 12.8. The van der Waals surface area contributed by atoms with Crippen LogP contribution in [0, 0.1) is 5.82 Å². The predicted molar refractivity (Wildman–Crippen MR) is 70.9 cm³/mol. The Hall–Kier alpha value is -2.70. The number of rotatable bonds is 4. The van der Waals surface area contributed by atoms with Crippen molar-refractivity contribution < 1.29 is 23.8 Å². The summed E-state index contributed by atoms with van der Waals surface area (Å²) in [6.45, 7) is 3.50. The second-order valence-corrected chi connectivity index (χ2v) is 4.61. The molecule has 21 heavy (non-hydrogen) atoms. The smallest absolute Gasteiger partial charge is 0.362 e. The molecule has 110 valence electrons. The molecule has 0 bridgehead atoms. The van der Waals surface area contributed by atoms with Crippen LogP contribution in [0.25, 0.3) is 0 Å².